The maximum absolute atomic E-state index is 14.3. The van der Waals surface area contributed by atoms with Gasteiger partial charge in [-0.2, -0.15) is 13.5 Å². The fourth-order valence-corrected chi connectivity index (χ4v) is 4.48. The molecule has 0 aliphatic heterocycles. The van der Waals surface area contributed by atoms with Crippen molar-refractivity contribution in [3.8, 4) is 11.1 Å². The normalized spacial score (nSPS) is 13.6. The number of benzene rings is 1. The molecule has 1 aromatic carbocycles. The molecule has 0 spiro atoms. The van der Waals surface area contributed by atoms with Gasteiger partial charge in [-0.3, -0.25) is 14.5 Å². The largest absolute Gasteiger partial charge is 0.283 e. The smallest absolute Gasteiger partial charge is 0.274 e. The number of hydrogen-bond donors (Lipinski definition) is 1. The minimum atomic E-state index is -4.10. The first-order valence-electron chi connectivity index (χ1n) is 10.1. The molecule has 163 valence electrons. The molecule has 1 N–H and O–H groups in total. The van der Waals surface area contributed by atoms with E-state index in [4.69, 9.17) is 0 Å². The Balaban J connectivity index is 0.00000289. The van der Waals surface area contributed by atoms with Crippen LogP contribution in [0.1, 0.15) is 49.8 Å². The predicted molar refractivity (Wildman–Crippen MR) is 119 cm³/mol. The molecule has 4 rings (SSSR count). The molecule has 1 radical (unpaired) electrons. The number of halogens is 1. The van der Waals surface area contributed by atoms with Gasteiger partial charge in [0.2, 0.25) is 5.91 Å². The Morgan fingerprint density at radius 1 is 1.22 bits per heavy atom. The molecule has 1 saturated carbocycles. The third-order valence-corrected chi connectivity index (χ3v) is 6.49. The number of nitrogens with zero attached hydrogens (tertiary/aromatic N) is 3. The fourth-order valence-electron chi connectivity index (χ4n) is 3.56. The van der Waals surface area contributed by atoms with E-state index < -0.39 is 21.7 Å². The van der Waals surface area contributed by atoms with Crippen LogP contribution in [-0.4, -0.2) is 80.5 Å². The van der Waals surface area contributed by atoms with Crippen molar-refractivity contribution in [3.63, 3.8) is 0 Å². The van der Waals surface area contributed by atoms with Gasteiger partial charge in [0.15, 0.2) is 5.03 Å². The Bertz CT molecular complexity index is 1230. The van der Waals surface area contributed by atoms with Crippen LogP contribution in [0.25, 0.3) is 11.1 Å². The Hall–Kier alpha value is -1.43. The molecule has 2 aromatic heterocycles. The number of hydrogen-bond acceptors (Lipinski definition) is 5. The summed E-state index contributed by atoms with van der Waals surface area (Å²) in [6.07, 6.45) is 6.49. The molecule has 0 bridgehead atoms. The van der Waals surface area contributed by atoms with Gasteiger partial charge in [0, 0.05) is 70.0 Å². The van der Waals surface area contributed by atoms with E-state index in [0.717, 1.165) is 12.8 Å². The quantitative estimate of drug-likeness (QED) is 0.523. The molecule has 1 aliphatic rings. The van der Waals surface area contributed by atoms with E-state index in [9.17, 15) is 17.6 Å². The SMILES string of the molecule is CC(C)c1cc(F)cc(-c2ccncc2)c1CC(=O)NS(=O)(=O)c1ccn(C2CC2)n1.[K]. The summed E-state index contributed by atoms with van der Waals surface area (Å²) in [4.78, 5) is 16.7. The molecule has 1 fully saturated rings. The summed E-state index contributed by atoms with van der Waals surface area (Å²) in [6.45, 7) is 3.79. The Morgan fingerprint density at radius 3 is 2.53 bits per heavy atom. The molecule has 10 heteroatoms. The van der Waals surface area contributed by atoms with Gasteiger partial charge in [0.1, 0.15) is 5.82 Å². The zero-order chi connectivity index (χ0) is 22.2. The van der Waals surface area contributed by atoms with Crippen LogP contribution in [-0.2, 0) is 21.2 Å². The minimum absolute atomic E-state index is 0. The number of amides is 1. The minimum Gasteiger partial charge on any atom is -0.274 e. The molecule has 0 atom stereocenters. The van der Waals surface area contributed by atoms with Crippen molar-refractivity contribution in [2.75, 3.05) is 0 Å². The second-order valence-corrected chi connectivity index (χ2v) is 9.61. The van der Waals surface area contributed by atoms with Crippen molar-refractivity contribution in [2.45, 2.75) is 50.1 Å². The molecule has 0 unspecified atom stereocenters. The molecular formula is C22H23FKN4O3S. The van der Waals surface area contributed by atoms with Gasteiger partial charge in [-0.1, -0.05) is 13.8 Å². The number of aromatic nitrogens is 3. The molecule has 0 saturated heterocycles. The van der Waals surface area contributed by atoms with Crippen molar-refractivity contribution in [1.82, 2.24) is 19.5 Å². The predicted octanol–water partition coefficient (Wildman–Crippen LogP) is 3.21. The average molecular weight is 482 g/mol. The van der Waals surface area contributed by atoms with Crippen LogP contribution in [0.4, 0.5) is 4.39 Å². The van der Waals surface area contributed by atoms with E-state index in [-0.39, 0.29) is 74.8 Å². The van der Waals surface area contributed by atoms with Crippen molar-refractivity contribution in [1.29, 1.82) is 0 Å². The maximum Gasteiger partial charge on any atom is 0.283 e. The van der Waals surface area contributed by atoms with Gasteiger partial charge in [0.25, 0.3) is 10.0 Å². The van der Waals surface area contributed by atoms with E-state index in [0.29, 0.717) is 22.3 Å². The Kier molecular flexibility index (Phi) is 8.05. The van der Waals surface area contributed by atoms with Crippen molar-refractivity contribution in [2.24, 2.45) is 0 Å². The number of nitrogens with one attached hydrogen (secondary N) is 1. The van der Waals surface area contributed by atoms with Crippen LogP contribution in [0.3, 0.4) is 0 Å². The molecule has 7 nitrogen and oxygen atoms in total. The first kappa shape index (κ1) is 25.2. The van der Waals surface area contributed by atoms with Gasteiger partial charge < -0.3 is 0 Å². The molecule has 1 amide bonds. The fraction of sp³-hybridized carbons (Fsp3) is 0.318. The third kappa shape index (κ3) is 5.73. The second kappa shape index (κ2) is 10.2. The van der Waals surface area contributed by atoms with Gasteiger partial charge in [-0.15, -0.1) is 0 Å². The molecule has 32 heavy (non-hydrogen) atoms. The summed E-state index contributed by atoms with van der Waals surface area (Å²) in [7, 11) is -4.10. The number of pyridine rings is 1. The zero-order valence-corrected chi connectivity index (χ0v) is 22.2. The number of carbonyl (C=O) groups excluding carboxylic acids is 1. The monoisotopic (exact) mass is 481 g/mol. The van der Waals surface area contributed by atoms with Crippen molar-refractivity contribution < 1.29 is 17.6 Å². The summed E-state index contributed by atoms with van der Waals surface area (Å²) in [5.74, 6) is -1.19. The van der Waals surface area contributed by atoms with E-state index >= 15 is 0 Å². The van der Waals surface area contributed by atoms with Crippen LogP contribution < -0.4 is 4.72 Å². The van der Waals surface area contributed by atoms with Crippen LogP contribution in [0.15, 0.2) is 53.9 Å². The van der Waals surface area contributed by atoms with Gasteiger partial charge in [-0.05, 0) is 71.3 Å². The first-order valence-corrected chi connectivity index (χ1v) is 11.6. The molecule has 2 heterocycles. The van der Waals surface area contributed by atoms with E-state index in [1.807, 2.05) is 13.8 Å². The zero-order valence-electron chi connectivity index (χ0n) is 18.2. The summed E-state index contributed by atoms with van der Waals surface area (Å²) in [6, 6.07) is 7.81. The van der Waals surface area contributed by atoms with E-state index in [1.54, 1.807) is 35.4 Å². The third-order valence-electron chi connectivity index (χ3n) is 5.23. The van der Waals surface area contributed by atoms with Crippen LogP contribution in [0.2, 0.25) is 0 Å². The summed E-state index contributed by atoms with van der Waals surface area (Å²) in [5.41, 5.74) is 2.47. The molecule has 3 aromatic rings. The maximum atomic E-state index is 14.3. The number of carbonyl (C=O) groups is 1. The van der Waals surface area contributed by atoms with Gasteiger partial charge >= 0.3 is 0 Å². The number of sulfonamides is 1. The Labute approximate surface area is 229 Å². The van der Waals surface area contributed by atoms with E-state index in [2.05, 4.69) is 14.8 Å². The Morgan fingerprint density at radius 2 is 1.91 bits per heavy atom. The van der Waals surface area contributed by atoms with E-state index in [1.165, 1.54) is 18.2 Å². The van der Waals surface area contributed by atoms with Gasteiger partial charge in [0.05, 0.1) is 12.5 Å². The van der Waals surface area contributed by atoms with Crippen molar-refractivity contribution >= 4 is 67.3 Å². The second-order valence-electron chi connectivity index (χ2n) is 7.98. The van der Waals surface area contributed by atoms with Crippen molar-refractivity contribution in [3.05, 3.63) is 65.9 Å². The standard InChI is InChI=1S/C22H23FN4O3S.K/c1-14(2)18-11-16(23)12-19(15-5-8-24-9-6-15)20(18)13-21(28)26-31(29,30)22-7-10-27(25-22)17-3-4-17;/h5-12,14,17H,3-4,13H2,1-2H3,(H,26,28);. The molecular weight excluding hydrogens is 458 g/mol. The summed E-state index contributed by atoms with van der Waals surface area (Å²) >= 11 is 0. The topological polar surface area (TPSA) is 94.0 Å². The van der Waals surface area contributed by atoms with Crippen LogP contribution >= 0.6 is 0 Å². The average Bonchev–Trinajstić information content (AvgIpc) is 3.44. The first-order chi connectivity index (χ1) is 14.7. The summed E-state index contributed by atoms with van der Waals surface area (Å²) in [5, 5.41) is 3.89. The van der Waals surface area contributed by atoms with Crippen LogP contribution in [0, 0.1) is 5.82 Å². The molecule has 1 aliphatic carbocycles. The van der Waals surface area contributed by atoms with Crippen LogP contribution in [0.5, 0.6) is 0 Å². The van der Waals surface area contributed by atoms with Gasteiger partial charge in [-0.25, -0.2) is 9.11 Å². The number of rotatable bonds is 7. The summed E-state index contributed by atoms with van der Waals surface area (Å²) < 4.78 is 43.3.